The highest BCUT2D eigenvalue weighted by molar-refractivity contribution is 9.10. The molecular weight excluding hydrogens is 350 g/mol. The molecule has 1 nitrogen and oxygen atoms in total. The quantitative estimate of drug-likeness (QED) is 0.614. The predicted octanol–water partition coefficient (Wildman–Crippen LogP) is 4.70. The van der Waals surface area contributed by atoms with Crippen molar-refractivity contribution in [2.75, 3.05) is 6.54 Å². The van der Waals surface area contributed by atoms with Gasteiger partial charge in [-0.3, -0.25) is 0 Å². The topological polar surface area (TPSA) is 12.0 Å². The van der Waals surface area contributed by atoms with Crippen LogP contribution in [-0.2, 0) is 0 Å². The van der Waals surface area contributed by atoms with E-state index in [2.05, 4.69) is 21.2 Å². The van der Waals surface area contributed by atoms with E-state index in [0.717, 1.165) is 12.1 Å². The van der Waals surface area contributed by atoms with Gasteiger partial charge < -0.3 is 5.32 Å². The summed E-state index contributed by atoms with van der Waals surface area (Å²) >= 11 is 3.05. The van der Waals surface area contributed by atoms with Crippen molar-refractivity contribution in [3.8, 4) is 0 Å². The standard InChI is InChI=1S/C15H12BrF4N/c1-2-21-15(8-4-3-5-10(16)12(8)18)9-6-7-11(17)14(20)13(9)19/h3-7,15,21H,2H2,1H3. The summed E-state index contributed by atoms with van der Waals surface area (Å²) < 4.78 is 54.8. The summed E-state index contributed by atoms with van der Waals surface area (Å²) in [6.45, 7) is 2.15. The largest absolute Gasteiger partial charge is 0.306 e. The molecule has 0 aromatic heterocycles. The molecule has 0 aliphatic heterocycles. The smallest absolute Gasteiger partial charge is 0.194 e. The summed E-state index contributed by atoms with van der Waals surface area (Å²) in [5, 5.41) is 2.88. The molecule has 0 fully saturated rings. The molecule has 21 heavy (non-hydrogen) atoms. The summed E-state index contributed by atoms with van der Waals surface area (Å²) in [6.07, 6.45) is 0. The summed E-state index contributed by atoms with van der Waals surface area (Å²) in [6, 6.07) is 5.58. The Balaban J connectivity index is 2.59. The molecular formula is C15H12BrF4N. The van der Waals surface area contributed by atoms with Crippen molar-refractivity contribution in [1.29, 1.82) is 0 Å². The normalized spacial score (nSPS) is 12.5. The minimum Gasteiger partial charge on any atom is -0.306 e. The molecule has 1 atom stereocenters. The van der Waals surface area contributed by atoms with Crippen LogP contribution in [0, 0.1) is 23.3 Å². The van der Waals surface area contributed by atoms with E-state index >= 15 is 0 Å². The first-order valence-electron chi connectivity index (χ1n) is 6.28. The van der Waals surface area contributed by atoms with Gasteiger partial charge in [-0.1, -0.05) is 25.1 Å². The lowest BCUT2D eigenvalue weighted by molar-refractivity contribution is 0.431. The Hall–Kier alpha value is -1.40. The van der Waals surface area contributed by atoms with E-state index in [-0.39, 0.29) is 15.6 Å². The maximum Gasteiger partial charge on any atom is 0.194 e. The van der Waals surface area contributed by atoms with Crippen molar-refractivity contribution in [3.05, 3.63) is 69.2 Å². The Morgan fingerprint density at radius 1 is 0.952 bits per heavy atom. The van der Waals surface area contributed by atoms with Crippen LogP contribution in [0.15, 0.2) is 34.8 Å². The summed E-state index contributed by atoms with van der Waals surface area (Å²) in [5.74, 6) is -4.74. The maximum atomic E-state index is 14.2. The van der Waals surface area contributed by atoms with Crippen molar-refractivity contribution in [1.82, 2.24) is 5.32 Å². The zero-order chi connectivity index (χ0) is 15.6. The van der Waals surface area contributed by atoms with E-state index in [1.807, 2.05) is 0 Å². The summed E-state index contributed by atoms with van der Waals surface area (Å²) in [4.78, 5) is 0. The monoisotopic (exact) mass is 361 g/mol. The van der Waals surface area contributed by atoms with E-state index in [1.54, 1.807) is 13.0 Å². The molecule has 0 heterocycles. The Labute approximate surface area is 128 Å². The van der Waals surface area contributed by atoms with Gasteiger partial charge in [-0.15, -0.1) is 0 Å². The molecule has 0 bridgehead atoms. The van der Waals surface area contributed by atoms with Gasteiger partial charge >= 0.3 is 0 Å². The molecule has 0 amide bonds. The van der Waals surface area contributed by atoms with E-state index in [1.165, 1.54) is 12.1 Å². The van der Waals surface area contributed by atoms with Crippen LogP contribution in [0.2, 0.25) is 0 Å². The third-order valence-electron chi connectivity index (χ3n) is 3.08. The second-order valence-electron chi connectivity index (χ2n) is 4.40. The van der Waals surface area contributed by atoms with E-state index in [4.69, 9.17) is 0 Å². The lowest BCUT2D eigenvalue weighted by Crippen LogP contribution is -2.24. The van der Waals surface area contributed by atoms with E-state index < -0.39 is 29.3 Å². The van der Waals surface area contributed by atoms with Gasteiger partial charge in [0, 0.05) is 11.1 Å². The average molecular weight is 362 g/mol. The fraction of sp³-hybridized carbons (Fsp3) is 0.200. The van der Waals surface area contributed by atoms with Crippen molar-refractivity contribution in [3.63, 3.8) is 0 Å². The SMILES string of the molecule is CCNC(c1cccc(Br)c1F)c1ccc(F)c(F)c1F. The first kappa shape index (κ1) is 16.0. The van der Waals surface area contributed by atoms with Crippen LogP contribution in [0.1, 0.15) is 24.1 Å². The van der Waals surface area contributed by atoms with Crippen molar-refractivity contribution >= 4 is 15.9 Å². The van der Waals surface area contributed by atoms with Gasteiger partial charge in [-0.25, -0.2) is 17.6 Å². The van der Waals surface area contributed by atoms with E-state index in [0.29, 0.717) is 6.54 Å². The number of rotatable bonds is 4. The highest BCUT2D eigenvalue weighted by Gasteiger charge is 2.24. The molecule has 2 aromatic carbocycles. The predicted molar refractivity (Wildman–Crippen MR) is 75.9 cm³/mol. The Kier molecular flexibility index (Phi) is 5.00. The number of hydrogen-bond acceptors (Lipinski definition) is 1. The number of halogens is 5. The lowest BCUT2D eigenvalue weighted by atomic mass is 9.97. The molecule has 2 aromatic rings. The van der Waals surface area contributed by atoms with Gasteiger partial charge in [0.15, 0.2) is 17.5 Å². The molecule has 0 aliphatic rings. The van der Waals surface area contributed by atoms with Crippen molar-refractivity contribution < 1.29 is 17.6 Å². The zero-order valence-electron chi connectivity index (χ0n) is 11.1. The molecule has 0 aliphatic carbocycles. The molecule has 0 spiro atoms. The summed E-state index contributed by atoms with van der Waals surface area (Å²) in [7, 11) is 0. The number of nitrogens with one attached hydrogen (secondary N) is 1. The Morgan fingerprint density at radius 3 is 2.29 bits per heavy atom. The minimum atomic E-state index is -1.56. The molecule has 1 N–H and O–H groups in total. The second-order valence-corrected chi connectivity index (χ2v) is 5.25. The second kappa shape index (κ2) is 6.58. The van der Waals surface area contributed by atoms with Crippen LogP contribution in [0.4, 0.5) is 17.6 Å². The minimum absolute atomic E-state index is 0.146. The van der Waals surface area contributed by atoms with Crippen LogP contribution < -0.4 is 5.32 Å². The Bertz CT molecular complexity index is 660. The van der Waals surface area contributed by atoms with Crippen molar-refractivity contribution in [2.24, 2.45) is 0 Å². The van der Waals surface area contributed by atoms with Gasteiger partial charge in [0.05, 0.1) is 10.5 Å². The first-order chi connectivity index (χ1) is 9.97. The Morgan fingerprint density at radius 2 is 1.62 bits per heavy atom. The van der Waals surface area contributed by atoms with Crippen LogP contribution in [0.25, 0.3) is 0 Å². The van der Waals surface area contributed by atoms with Crippen LogP contribution >= 0.6 is 15.9 Å². The van der Waals surface area contributed by atoms with Crippen LogP contribution in [0.5, 0.6) is 0 Å². The highest BCUT2D eigenvalue weighted by Crippen LogP contribution is 2.31. The number of benzene rings is 2. The van der Waals surface area contributed by atoms with Gasteiger partial charge in [0.1, 0.15) is 5.82 Å². The maximum absolute atomic E-state index is 14.2. The molecule has 0 radical (unpaired) electrons. The van der Waals surface area contributed by atoms with Gasteiger partial charge in [0.2, 0.25) is 0 Å². The third-order valence-corrected chi connectivity index (χ3v) is 3.69. The van der Waals surface area contributed by atoms with Crippen LogP contribution in [-0.4, -0.2) is 6.54 Å². The zero-order valence-corrected chi connectivity index (χ0v) is 12.6. The van der Waals surface area contributed by atoms with Crippen LogP contribution in [0.3, 0.4) is 0 Å². The van der Waals surface area contributed by atoms with Gasteiger partial charge in [-0.2, -0.15) is 0 Å². The number of hydrogen-bond donors (Lipinski definition) is 1. The van der Waals surface area contributed by atoms with Gasteiger partial charge in [-0.05, 0) is 34.6 Å². The first-order valence-corrected chi connectivity index (χ1v) is 7.07. The van der Waals surface area contributed by atoms with Crippen molar-refractivity contribution in [2.45, 2.75) is 13.0 Å². The van der Waals surface area contributed by atoms with E-state index in [9.17, 15) is 17.6 Å². The molecule has 6 heteroatoms. The highest BCUT2D eigenvalue weighted by atomic mass is 79.9. The molecule has 1 unspecified atom stereocenters. The molecule has 0 saturated heterocycles. The van der Waals surface area contributed by atoms with Gasteiger partial charge in [0.25, 0.3) is 0 Å². The molecule has 0 saturated carbocycles. The fourth-order valence-electron chi connectivity index (χ4n) is 2.10. The average Bonchev–Trinajstić information content (AvgIpc) is 2.46. The molecule has 2 rings (SSSR count). The summed E-state index contributed by atoms with van der Waals surface area (Å²) in [5.41, 5.74) is 0.00360. The third kappa shape index (κ3) is 3.11. The fourth-order valence-corrected chi connectivity index (χ4v) is 2.48. The lowest BCUT2D eigenvalue weighted by Gasteiger charge is -2.21. The molecule has 112 valence electrons.